The average Bonchev–Trinajstić information content (AvgIpc) is 2.72. The molecule has 17 heavy (non-hydrogen) atoms. The highest BCUT2D eigenvalue weighted by Gasteiger charge is 2.03. The summed E-state index contributed by atoms with van der Waals surface area (Å²) in [6.07, 6.45) is 9.40. The second kappa shape index (κ2) is 6.12. The fraction of sp³-hybridized carbons (Fsp3) is 0.500. The van der Waals surface area contributed by atoms with E-state index in [0.717, 1.165) is 23.3 Å². The van der Waals surface area contributed by atoms with Gasteiger partial charge in [-0.1, -0.05) is 19.8 Å². The van der Waals surface area contributed by atoms with Gasteiger partial charge in [0, 0.05) is 12.7 Å². The lowest BCUT2D eigenvalue weighted by atomic mass is 10.2. The molecule has 2 rings (SSSR count). The van der Waals surface area contributed by atoms with Gasteiger partial charge in [-0.2, -0.15) is 0 Å². The minimum atomic E-state index is 0.829. The number of aromatic nitrogens is 3. The summed E-state index contributed by atoms with van der Waals surface area (Å²) in [6.45, 7) is 4.13. The van der Waals surface area contributed by atoms with E-state index >= 15 is 0 Å². The molecule has 0 amide bonds. The van der Waals surface area contributed by atoms with Gasteiger partial charge < -0.3 is 5.32 Å². The van der Waals surface area contributed by atoms with Gasteiger partial charge >= 0.3 is 0 Å². The van der Waals surface area contributed by atoms with Crippen LogP contribution >= 0.6 is 15.9 Å². The molecule has 0 unspecified atom stereocenters. The highest BCUT2D eigenvalue weighted by molar-refractivity contribution is 9.10. The number of nitrogens with one attached hydrogen (secondary N) is 1. The SMILES string of the molecule is CCCCCNCc1cnc2cnc(Br)cn12. The molecule has 0 aromatic carbocycles. The fourth-order valence-electron chi connectivity index (χ4n) is 1.76. The first-order valence-electron chi connectivity index (χ1n) is 5.99. The highest BCUT2D eigenvalue weighted by Crippen LogP contribution is 2.10. The Bertz CT molecular complexity index is 480. The molecule has 2 aromatic rings. The Balaban J connectivity index is 1.96. The van der Waals surface area contributed by atoms with E-state index in [9.17, 15) is 0 Å². The summed E-state index contributed by atoms with van der Waals surface area (Å²) in [5.74, 6) is 0. The van der Waals surface area contributed by atoms with Crippen LogP contribution in [0.4, 0.5) is 0 Å². The second-order valence-electron chi connectivity index (χ2n) is 4.07. The van der Waals surface area contributed by atoms with Crippen molar-refractivity contribution in [2.24, 2.45) is 0 Å². The topological polar surface area (TPSA) is 42.2 Å². The van der Waals surface area contributed by atoms with Gasteiger partial charge in [-0.15, -0.1) is 0 Å². The zero-order valence-corrected chi connectivity index (χ0v) is 11.6. The number of unbranched alkanes of at least 4 members (excludes halogenated alkanes) is 2. The molecule has 0 spiro atoms. The number of rotatable bonds is 6. The van der Waals surface area contributed by atoms with Crippen LogP contribution in [0.15, 0.2) is 23.2 Å². The van der Waals surface area contributed by atoms with Crippen molar-refractivity contribution < 1.29 is 0 Å². The summed E-state index contributed by atoms with van der Waals surface area (Å²) in [5.41, 5.74) is 2.05. The quantitative estimate of drug-likeness (QED) is 0.834. The van der Waals surface area contributed by atoms with Crippen LogP contribution in [0.5, 0.6) is 0 Å². The first kappa shape index (κ1) is 12.5. The molecular weight excluding hydrogens is 280 g/mol. The van der Waals surface area contributed by atoms with Gasteiger partial charge in [-0.3, -0.25) is 4.40 Å². The van der Waals surface area contributed by atoms with E-state index in [2.05, 4.69) is 42.5 Å². The molecular formula is C12H17BrN4. The zero-order valence-electron chi connectivity index (χ0n) is 9.99. The van der Waals surface area contributed by atoms with Gasteiger partial charge in [-0.05, 0) is 28.9 Å². The molecule has 0 fully saturated rings. The zero-order chi connectivity index (χ0) is 12.1. The third-order valence-electron chi connectivity index (χ3n) is 2.70. The number of hydrogen-bond donors (Lipinski definition) is 1. The monoisotopic (exact) mass is 296 g/mol. The Kier molecular flexibility index (Phi) is 4.50. The summed E-state index contributed by atoms with van der Waals surface area (Å²) in [7, 11) is 0. The van der Waals surface area contributed by atoms with Gasteiger partial charge in [0.2, 0.25) is 0 Å². The van der Waals surface area contributed by atoms with Gasteiger partial charge in [0.25, 0.3) is 0 Å². The molecule has 0 saturated heterocycles. The molecule has 0 aliphatic heterocycles. The lowest BCUT2D eigenvalue weighted by Crippen LogP contribution is -2.15. The third kappa shape index (κ3) is 3.26. The van der Waals surface area contributed by atoms with Crippen molar-refractivity contribution in [3.8, 4) is 0 Å². The molecule has 2 heterocycles. The van der Waals surface area contributed by atoms with Crippen molar-refractivity contribution in [3.05, 3.63) is 28.9 Å². The molecule has 0 bridgehead atoms. The minimum absolute atomic E-state index is 0.829. The van der Waals surface area contributed by atoms with Crippen LogP contribution in [0.2, 0.25) is 0 Å². The normalized spacial score (nSPS) is 11.2. The summed E-state index contributed by atoms with van der Waals surface area (Å²) in [5, 5.41) is 3.44. The van der Waals surface area contributed by atoms with Crippen LogP contribution in [0.3, 0.4) is 0 Å². The van der Waals surface area contributed by atoms with E-state index in [1.54, 1.807) is 6.20 Å². The van der Waals surface area contributed by atoms with Crippen molar-refractivity contribution in [1.29, 1.82) is 0 Å². The molecule has 1 N–H and O–H groups in total. The second-order valence-corrected chi connectivity index (χ2v) is 4.88. The first-order chi connectivity index (χ1) is 8.31. The van der Waals surface area contributed by atoms with Gasteiger partial charge in [0.05, 0.1) is 18.1 Å². The average molecular weight is 297 g/mol. The summed E-state index contributed by atoms with van der Waals surface area (Å²) < 4.78 is 2.89. The molecule has 5 heteroatoms. The fourth-order valence-corrected chi connectivity index (χ4v) is 2.07. The molecule has 0 atom stereocenters. The van der Waals surface area contributed by atoms with Crippen LogP contribution in [0.1, 0.15) is 31.9 Å². The van der Waals surface area contributed by atoms with Crippen molar-refractivity contribution in [2.75, 3.05) is 6.54 Å². The molecule has 0 saturated carbocycles. The van der Waals surface area contributed by atoms with Crippen LogP contribution < -0.4 is 5.32 Å². The standard InChI is InChI=1S/C12H17BrN4/c1-2-3-4-5-14-6-10-7-16-12-8-15-11(13)9-17(10)12/h7-9,14H,2-6H2,1H3. The lowest BCUT2D eigenvalue weighted by Gasteiger charge is -2.04. The van der Waals surface area contributed by atoms with Crippen LogP contribution in [-0.2, 0) is 6.54 Å². The number of nitrogens with zero attached hydrogens (tertiary/aromatic N) is 3. The molecule has 0 aliphatic rings. The predicted octanol–water partition coefficient (Wildman–Crippen LogP) is 2.77. The Morgan fingerprint density at radius 1 is 1.29 bits per heavy atom. The lowest BCUT2D eigenvalue weighted by molar-refractivity contribution is 0.609. The molecule has 92 valence electrons. The number of imidazole rings is 1. The predicted molar refractivity (Wildman–Crippen MR) is 71.9 cm³/mol. The van der Waals surface area contributed by atoms with E-state index in [1.807, 2.05) is 12.4 Å². The Morgan fingerprint density at radius 3 is 3.00 bits per heavy atom. The number of halogens is 1. The summed E-state index contributed by atoms with van der Waals surface area (Å²) >= 11 is 3.37. The molecule has 0 radical (unpaired) electrons. The van der Waals surface area contributed by atoms with E-state index in [1.165, 1.54) is 25.0 Å². The largest absolute Gasteiger partial charge is 0.311 e. The first-order valence-corrected chi connectivity index (χ1v) is 6.78. The molecule has 2 aromatic heterocycles. The van der Waals surface area contributed by atoms with Crippen molar-refractivity contribution >= 4 is 21.6 Å². The maximum atomic E-state index is 4.31. The van der Waals surface area contributed by atoms with Crippen molar-refractivity contribution in [1.82, 2.24) is 19.7 Å². The van der Waals surface area contributed by atoms with E-state index in [0.29, 0.717) is 0 Å². The highest BCUT2D eigenvalue weighted by atomic mass is 79.9. The number of fused-ring (bicyclic) bond motifs is 1. The van der Waals surface area contributed by atoms with Gasteiger partial charge in [-0.25, -0.2) is 9.97 Å². The Hall–Kier alpha value is -0.940. The van der Waals surface area contributed by atoms with Gasteiger partial charge in [0.15, 0.2) is 5.65 Å². The minimum Gasteiger partial charge on any atom is -0.311 e. The van der Waals surface area contributed by atoms with Crippen LogP contribution in [0, 0.1) is 0 Å². The maximum Gasteiger partial charge on any atom is 0.155 e. The number of hydrogen-bond acceptors (Lipinski definition) is 3. The Labute approximate surface area is 110 Å². The van der Waals surface area contributed by atoms with Gasteiger partial charge in [0.1, 0.15) is 4.60 Å². The Morgan fingerprint density at radius 2 is 2.18 bits per heavy atom. The maximum absolute atomic E-state index is 4.31. The van der Waals surface area contributed by atoms with Crippen LogP contribution in [-0.4, -0.2) is 20.9 Å². The smallest absolute Gasteiger partial charge is 0.155 e. The van der Waals surface area contributed by atoms with E-state index in [4.69, 9.17) is 0 Å². The van der Waals surface area contributed by atoms with Crippen molar-refractivity contribution in [2.45, 2.75) is 32.7 Å². The molecule has 0 aliphatic carbocycles. The summed E-state index contributed by atoms with van der Waals surface area (Å²) in [4.78, 5) is 8.47. The summed E-state index contributed by atoms with van der Waals surface area (Å²) in [6, 6.07) is 0. The van der Waals surface area contributed by atoms with E-state index < -0.39 is 0 Å². The molecule has 4 nitrogen and oxygen atoms in total. The van der Waals surface area contributed by atoms with Crippen molar-refractivity contribution in [3.63, 3.8) is 0 Å². The third-order valence-corrected chi connectivity index (χ3v) is 3.11. The van der Waals surface area contributed by atoms with Crippen LogP contribution in [0.25, 0.3) is 5.65 Å². The van der Waals surface area contributed by atoms with E-state index in [-0.39, 0.29) is 0 Å².